The zero-order chi connectivity index (χ0) is 14.4. The van der Waals surface area contributed by atoms with Gasteiger partial charge in [-0.1, -0.05) is 25.1 Å². The molecule has 0 saturated heterocycles. The number of para-hydroxylation sites is 1. The second kappa shape index (κ2) is 6.89. The summed E-state index contributed by atoms with van der Waals surface area (Å²) in [7, 11) is 0. The molecule has 0 saturated carbocycles. The van der Waals surface area contributed by atoms with Gasteiger partial charge >= 0.3 is 0 Å². The number of benzene rings is 2. The summed E-state index contributed by atoms with van der Waals surface area (Å²) >= 11 is 0. The second-order valence-electron chi connectivity index (χ2n) is 4.45. The molecule has 0 spiro atoms. The molecule has 1 N–H and O–H groups in total. The summed E-state index contributed by atoms with van der Waals surface area (Å²) in [6, 6.07) is 11.3. The van der Waals surface area contributed by atoms with Gasteiger partial charge in [-0.3, -0.25) is 0 Å². The number of ether oxygens (including phenoxy) is 1. The highest BCUT2D eigenvalue weighted by atomic mass is 19.1. The maximum Gasteiger partial charge on any atom is 0.149 e. The molecule has 0 bridgehead atoms. The lowest BCUT2D eigenvalue weighted by atomic mass is 10.2. The van der Waals surface area contributed by atoms with Crippen LogP contribution in [0.1, 0.15) is 18.9 Å². The van der Waals surface area contributed by atoms with E-state index in [4.69, 9.17) is 4.74 Å². The van der Waals surface area contributed by atoms with Gasteiger partial charge in [0.1, 0.15) is 23.1 Å². The lowest BCUT2D eigenvalue weighted by Crippen LogP contribution is -2.04. The molecule has 0 aliphatic carbocycles. The van der Waals surface area contributed by atoms with Crippen molar-refractivity contribution in [2.45, 2.75) is 19.9 Å². The zero-order valence-electron chi connectivity index (χ0n) is 11.3. The van der Waals surface area contributed by atoms with Gasteiger partial charge < -0.3 is 10.1 Å². The summed E-state index contributed by atoms with van der Waals surface area (Å²) < 4.78 is 32.5. The summed E-state index contributed by atoms with van der Waals surface area (Å²) in [5, 5.41) is 2.78. The van der Waals surface area contributed by atoms with E-state index >= 15 is 0 Å². The normalized spacial score (nSPS) is 10.3. The number of anilines is 1. The third-order valence-corrected chi connectivity index (χ3v) is 2.80. The van der Waals surface area contributed by atoms with Gasteiger partial charge in [0.05, 0.1) is 6.61 Å². The average molecular weight is 277 g/mol. The standard InChI is InChI=1S/C16H17F2NO/c1-2-9-20-13-6-3-5-12(10-13)11-19-16-14(17)7-4-8-15(16)18/h3-8,10,19H,2,9,11H2,1H3. The van der Waals surface area contributed by atoms with Crippen LogP contribution in [0.5, 0.6) is 5.75 Å². The van der Waals surface area contributed by atoms with E-state index < -0.39 is 11.6 Å². The minimum absolute atomic E-state index is 0.104. The van der Waals surface area contributed by atoms with Crippen molar-refractivity contribution in [3.05, 3.63) is 59.7 Å². The highest BCUT2D eigenvalue weighted by Crippen LogP contribution is 2.20. The highest BCUT2D eigenvalue weighted by Gasteiger charge is 2.07. The molecule has 0 aliphatic heterocycles. The SMILES string of the molecule is CCCOc1cccc(CNc2c(F)cccc2F)c1. The van der Waals surface area contributed by atoms with E-state index in [1.165, 1.54) is 18.2 Å². The summed E-state index contributed by atoms with van der Waals surface area (Å²) in [6.45, 7) is 3.02. The number of hydrogen-bond donors (Lipinski definition) is 1. The molecule has 0 unspecified atom stereocenters. The Morgan fingerprint density at radius 3 is 2.45 bits per heavy atom. The third-order valence-electron chi connectivity index (χ3n) is 2.80. The molecule has 0 fully saturated rings. The first-order valence-electron chi connectivity index (χ1n) is 6.60. The fourth-order valence-electron chi connectivity index (χ4n) is 1.82. The molecule has 0 aromatic heterocycles. The molecule has 0 heterocycles. The molecule has 2 nitrogen and oxygen atoms in total. The average Bonchev–Trinajstić information content (AvgIpc) is 2.45. The summed E-state index contributed by atoms with van der Waals surface area (Å²) in [5.41, 5.74) is 0.800. The van der Waals surface area contributed by atoms with Gasteiger partial charge in [0, 0.05) is 6.54 Å². The van der Waals surface area contributed by atoms with Crippen LogP contribution < -0.4 is 10.1 Å². The number of halogens is 2. The van der Waals surface area contributed by atoms with Crippen LogP contribution in [0.15, 0.2) is 42.5 Å². The first-order chi connectivity index (χ1) is 9.70. The van der Waals surface area contributed by atoms with Gasteiger partial charge in [-0.15, -0.1) is 0 Å². The van der Waals surface area contributed by atoms with Crippen LogP contribution in [-0.2, 0) is 6.54 Å². The van der Waals surface area contributed by atoms with E-state index in [0.717, 1.165) is 17.7 Å². The molecule has 106 valence electrons. The van der Waals surface area contributed by atoms with E-state index in [2.05, 4.69) is 5.32 Å². The van der Waals surface area contributed by atoms with Crippen molar-refractivity contribution in [1.29, 1.82) is 0 Å². The van der Waals surface area contributed by atoms with Crippen LogP contribution in [0.4, 0.5) is 14.5 Å². The lowest BCUT2D eigenvalue weighted by Gasteiger charge is -2.10. The van der Waals surface area contributed by atoms with Crippen molar-refractivity contribution in [2.75, 3.05) is 11.9 Å². The van der Waals surface area contributed by atoms with Crippen LogP contribution in [0.3, 0.4) is 0 Å². The summed E-state index contributed by atoms with van der Waals surface area (Å²) in [6.07, 6.45) is 0.933. The number of rotatable bonds is 6. The molecule has 2 aromatic carbocycles. The quantitative estimate of drug-likeness (QED) is 0.846. The molecule has 0 aliphatic rings. The monoisotopic (exact) mass is 277 g/mol. The Kier molecular flexibility index (Phi) is 4.93. The van der Waals surface area contributed by atoms with Crippen LogP contribution in [0.25, 0.3) is 0 Å². The van der Waals surface area contributed by atoms with Crippen LogP contribution >= 0.6 is 0 Å². The Balaban J connectivity index is 2.03. The Hall–Kier alpha value is -2.10. The fraction of sp³-hybridized carbons (Fsp3) is 0.250. The van der Waals surface area contributed by atoms with Crippen LogP contribution in [0.2, 0.25) is 0 Å². The van der Waals surface area contributed by atoms with Crippen LogP contribution in [0, 0.1) is 11.6 Å². The molecule has 2 aromatic rings. The molecule has 0 amide bonds. The molecule has 4 heteroatoms. The predicted octanol–water partition coefficient (Wildman–Crippen LogP) is 4.37. The van der Waals surface area contributed by atoms with Crippen molar-refractivity contribution in [3.63, 3.8) is 0 Å². The largest absolute Gasteiger partial charge is 0.494 e. The minimum atomic E-state index is -0.594. The molecular formula is C16H17F2NO. The van der Waals surface area contributed by atoms with Gasteiger partial charge in [0.25, 0.3) is 0 Å². The summed E-state index contributed by atoms with van der Waals surface area (Å²) in [4.78, 5) is 0. The van der Waals surface area contributed by atoms with Crippen molar-refractivity contribution in [3.8, 4) is 5.75 Å². The third kappa shape index (κ3) is 3.70. The van der Waals surface area contributed by atoms with Crippen LogP contribution in [-0.4, -0.2) is 6.61 Å². The van der Waals surface area contributed by atoms with E-state index in [1.54, 1.807) is 0 Å². The fourth-order valence-corrected chi connectivity index (χ4v) is 1.82. The van der Waals surface area contributed by atoms with Gasteiger partial charge in [-0.2, -0.15) is 0 Å². The maximum absolute atomic E-state index is 13.5. The maximum atomic E-state index is 13.5. The van der Waals surface area contributed by atoms with E-state index in [0.29, 0.717) is 13.2 Å². The first kappa shape index (κ1) is 14.3. The van der Waals surface area contributed by atoms with Crippen molar-refractivity contribution in [2.24, 2.45) is 0 Å². The van der Waals surface area contributed by atoms with E-state index in [1.807, 2.05) is 31.2 Å². The van der Waals surface area contributed by atoms with Gasteiger partial charge in [0.2, 0.25) is 0 Å². The van der Waals surface area contributed by atoms with Crippen molar-refractivity contribution in [1.82, 2.24) is 0 Å². The van der Waals surface area contributed by atoms with Gasteiger partial charge in [-0.25, -0.2) is 8.78 Å². The Morgan fingerprint density at radius 1 is 1.05 bits per heavy atom. The highest BCUT2D eigenvalue weighted by molar-refractivity contribution is 5.46. The number of hydrogen-bond acceptors (Lipinski definition) is 2. The molecule has 2 rings (SSSR count). The first-order valence-corrected chi connectivity index (χ1v) is 6.60. The number of nitrogens with one attached hydrogen (secondary N) is 1. The predicted molar refractivity (Wildman–Crippen MR) is 75.9 cm³/mol. The topological polar surface area (TPSA) is 21.3 Å². The Morgan fingerprint density at radius 2 is 1.75 bits per heavy atom. The molecular weight excluding hydrogens is 260 g/mol. The van der Waals surface area contributed by atoms with Gasteiger partial charge in [-0.05, 0) is 36.2 Å². The van der Waals surface area contributed by atoms with E-state index in [9.17, 15) is 8.78 Å². The zero-order valence-corrected chi connectivity index (χ0v) is 11.3. The van der Waals surface area contributed by atoms with E-state index in [-0.39, 0.29) is 5.69 Å². The Labute approximate surface area is 117 Å². The van der Waals surface area contributed by atoms with Crippen molar-refractivity contribution < 1.29 is 13.5 Å². The lowest BCUT2D eigenvalue weighted by molar-refractivity contribution is 0.317. The molecule has 20 heavy (non-hydrogen) atoms. The van der Waals surface area contributed by atoms with Crippen molar-refractivity contribution >= 4 is 5.69 Å². The molecule has 0 radical (unpaired) electrons. The van der Waals surface area contributed by atoms with Gasteiger partial charge in [0.15, 0.2) is 0 Å². The second-order valence-corrected chi connectivity index (χ2v) is 4.45. The smallest absolute Gasteiger partial charge is 0.149 e. The molecule has 0 atom stereocenters. The Bertz CT molecular complexity index is 552. The minimum Gasteiger partial charge on any atom is -0.494 e. The summed E-state index contributed by atoms with van der Waals surface area (Å²) in [5.74, 6) is -0.424.